The standard InChI is InChI=1S/C24H26ClN5O6S2/c1-12-15(23-16-8-21(25)28-9-13(16)3-4-35-23)7-20(37-12)22(32)17-10-27-11-29-24(17)30-14-5-18(31)19(6-14)36-38(33,34)26-2/h7-11,14,18-19,23,26,31H,3-6H2,1-2H3,(H,27,29,30)/t14-,18+,19-,23-/m1/s1. The van der Waals surface area contributed by atoms with E-state index >= 15 is 0 Å². The van der Waals surface area contributed by atoms with Crippen LogP contribution in [-0.2, 0) is 25.6 Å². The third kappa shape index (κ3) is 5.59. The summed E-state index contributed by atoms with van der Waals surface area (Å²) in [5.41, 5.74) is 3.16. The number of hydrogen-bond acceptors (Lipinski definition) is 11. The van der Waals surface area contributed by atoms with Gasteiger partial charge < -0.3 is 15.2 Å². The van der Waals surface area contributed by atoms with E-state index in [2.05, 4.69) is 25.0 Å². The molecular formula is C24H26ClN5O6S2. The van der Waals surface area contributed by atoms with Gasteiger partial charge >= 0.3 is 10.3 Å². The number of ketones is 1. The number of hydrogen-bond donors (Lipinski definition) is 3. The number of pyridine rings is 1. The Labute approximate surface area is 228 Å². The topological polar surface area (TPSA) is 153 Å². The van der Waals surface area contributed by atoms with Crippen molar-refractivity contribution in [2.24, 2.45) is 0 Å². The van der Waals surface area contributed by atoms with Crippen LogP contribution in [0, 0.1) is 6.92 Å². The van der Waals surface area contributed by atoms with Crippen molar-refractivity contribution in [3.05, 3.63) is 68.0 Å². The SMILES string of the molecule is CNS(=O)(=O)O[C@@H]1C[C@H](Nc2ncncc2C(=O)c2cc([C@H]3OCCc4cnc(Cl)cc43)c(C)s2)C[C@@H]1O. The van der Waals surface area contributed by atoms with Crippen molar-refractivity contribution in [3.63, 3.8) is 0 Å². The summed E-state index contributed by atoms with van der Waals surface area (Å²) in [5, 5.41) is 13.9. The molecule has 3 aromatic heterocycles. The summed E-state index contributed by atoms with van der Waals surface area (Å²) in [5.74, 6) is 0.0318. The molecule has 5 rings (SSSR count). The molecule has 3 N–H and O–H groups in total. The number of carbonyl (C=O) groups is 1. The fourth-order valence-electron chi connectivity index (χ4n) is 4.77. The van der Waals surface area contributed by atoms with Gasteiger partial charge in [-0.15, -0.1) is 11.3 Å². The number of anilines is 1. The maximum absolute atomic E-state index is 13.6. The molecule has 0 unspecified atom stereocenters. The molecule has 1 aliphatic heterocycles. The molecular weight excluding hydrogens is 554 g/mol. The highest BCUT2D eigenvalue weighted by Crippen LogP contribution is 2.39. The largest absolute Gasteiger partial charge is 0.390 e. The maximum Gasteiger partial charge on any atom is 0.335 e. The number of halogens is 1. The van der Waals surface area contributed by atoms with E-state index in [4.69, 9.17) is 20.5 Å². The van der Waals surface area contributed by atoms with Gasteiger partial charge in [0, 0.05) is 30.4 Å². The van der Waals surface area contributed by atoms with Crippen molar-refractivity contribution in [3.8, 4) is 0 Å². The number of thiophene rings is 1. The van der Waals surface area contributed by atoms with E-state index in [0.717, 1.165) is 28.0 Å². The zero-order valence-electron chi connectivity index (χ0n) is 20.5. The van der Waals surface area contributed by atoms with Gasteiger partial charge in [-0.1, -0.05) is 11.6 Å². The number of aliphatic hydroxyl groups excluding tert-OH is 1. The number of ether oxygens (including phenoxy) is 1. The molecule has 11 nitrogen and oxygen atoms in total. The second-order valence-electron chi connectivity index (χ2n) is 9.12. The van der Waals surface area contributed by atoms with E-state index in [1.54, 1.807) is 12.3 Å². The molecule has 0 spiro atoms. The van der Waals surface area contributed by atoms with E-state index in [-0.39, 0.29) is 36.3 Å². The molecule has 1 aliphatic carbocycles. The van der Waals surface area contributed by atoms with Gasteiger partial charge in [-0.25, -0.2) is 15.0 Å². The Bertz CT molecular complexity index is 1470. The summed E-state index contributed by atoms with van der Waals surface area (Å²) < 4.78 is 36.7. The fraction of sp³-hybridized carbons (Fsp3) is 0.417. The second-order valence-corrected chi connectivity index (χ2v) is 12.3. The number of nitrogens with zero attached hydrogens (tertiary/aromatic N) is 3. The molecule has 14 heteroatoms. The molecule has 1 saturated carbocycles. The van der Waals surface area contributed by atoms with Crippen LogP contribution in [0.5, 0.6) is 0 Å². The van der Waals surface area contributed by atoms with E-state index in [9.17, 15) is 18.3 Å². The average Bonchev–Trinajstić information content (AvgIpc) is 3.44. The minimum atomic E-state index is -3.96. The number of aryl methyl sites for hydroxylation is 1. The zero-order chi connectivity index (χ0) is 27.0. The second kappa shape index (κ2) is 10.9. The Balaban J connectivity index is 1.37. The lowest BCUT2D eigenvalue weighted by Crippen LogP contribution is -2.31. The van der Waals surface area contributed by atoms with E-state index in [0.29, 0.717) is 22.5 Å². The quantitative estimate of drug-likeness (QED) is 0.268. The molecule has 202 valence electrons. The summed E-state index contributed by atoms with van der Waals surface area (Å²) in [6, 6.07) is 3.27. The van der Waals surface area contributed by atoms with Gasteiger partial charge in [0.05, 0.1) is 23.2 Å². The number of aliphatic hydroxyl groups is 1. The number of fused-ring (bicyclic) bond motifs is 1. The fourth-order valence-corrected chi connectivity index (χ4v) is 6.57. The highest BCUT2D eigenvalue weighted by atomic mass is 35.5. The highest BCUT2D eigenvalue weighted by Gasteiger charge is 2.37. The molecule has 0 aromatic carbocycles. The molecule has 0 radical (unpaired) electrons. The zero-order valence-corrected chi connectivity index (χ0v) is 22.9. The average molecular weight is 580 g/mol. The Morgan fingerprint density at radius 2 is 2.05 bits per heavy atom. The van der Waals surface area contributed by atoms with E-state index < -0.39 is 22.5 Å². The Kier molecular flexibility index (Phi) is 7.78. The van der Waals surface area contributed by atoms with Crippen molar-refractivity contribution in [1.29, 1.82) is 0 Å². The molecule has 4 atom stereocenters. The number of nitrogens with one attached hydrogen (secondary N) is 2. The number of rotatable bonds is 8. The first-order valence-corrected chi connectivity index (χ1v) is 14.5. The van der Waals surface area contributed by atoms with Crippen LogP contribution in [0.25, 0.3) is 0 Å². The number of aromatic nitrogens is 3. The first-order valence-electron chi connectivity index (χ1n) is 11.9. The Morgan fingerprint density at radius 1 is 1.24 bits per heavy atom. The van der Waals surface area contributed by atoms with Gasteiger partial charge in [0.2, 0.25) is 5.78 Å². The summed E-state index contributed by atoms with van der Waals surface area (Å²) in [7, 11) is -2.73. The third-order valence-corrected chi connectivity index (χ3v) is 8.93. The molecule has 0 saturated heterocycles. The first kappa shape index (κ1) is 27.1. The van der Waals surface area contributed by atoms with Crippen molar-refractivity contribution >= 4 is 44.8 Å². The summed E-state index contributed by atoms with van der Waals surface area (Å²) >= 11 is 7.51. The molecule has 1 fully saturated rings. The minimum Gasteiger partial charge on any atom is -0.390 e. The predicted octanol–water partition coefficient (Wildman–Crippen LogP) is 2.57. The molecule has 38 heavy (non-hydrogen) atoms. The normalized spacial score (nSPS) is 23.3. The van der Waals surface area contributed by atoms with Gasteiger partial charge in [-0.05, 0) is 55.0 Å². The monoisotopic (exact) mass is 579 g/mol. The van der Waals surface area contributed by atoms with Crippen LogP contribution in [0.2, 0.25) is 5.15 Å². The lowest BCUT2D eigenvalue weighted by molar-refractivity contribution is 0.0636. The summed E-state index contributed by atoms with van der Waals surface area (Å²) in [6.45, 7) is 2.48. The van der Waals surface area contributed by atoms with Gasteiger partial charge in [0.1, 0.15) is 29.5 Å². The molecule has 3 aromatic rings. The van der Waals surface area contributed by atoms with Gasteiger partial charge in [-0.3, -0.25) is 8.98 Å². The van der Waals surface area contributed by atoms with Crippen LogP contribution < -0.4 is 10.0 Å². The van der Waals surface area contributed by atoms with Crippen LogP contribution in [0.3, 0.4) is 0 Å². The van der Waals surface area contributed by atoms with Gasteiger partial charge in [0.15, 0.2) is 0 Å². The molecule has 4 heterocycles. The van der Waals surface area contributed by atoms with Crippen molar-refractivity contribution in [2.75, 3.05) is 19.0 Å². The Hall–Kier alpha value is -2.52. The van der Waals surface area contributed by atoms with Crippen LogP contribution in [0.15, 0.2) is 30.9 Å². The van der Waals surface area contributed by atoms with Crippen LogP contribution in [0.1, 0.15) is 55.7 Å². The Morgan fingerprint density at radius 3 is 2.84 bits per heavy atom. The van der Waals surface area contributed by atoms with E-state index in [1.165, 1.54) is 30.9 Å². The lowest BCUT2D eigenvalue weighted by Gasteiger charge is -2.26. The van der Waals surface area contributed by atoms with E-state index in [1.807, 2.05) is 13.0 Å². The van der Waals surface area contributed by atoms with Gasteiger partial charge in [0.25, 0.3) is 0 Å². The molecule has 0 bridgehead atoms. The summed E-state index contributed by atoms with van der Waals surface area (Å²) in [6.07, 6.45) is 3.42. The number of carbonyl (C=O) groups excluding carboxylic acids is 1. The minimum absolute atomic E-state index is 0.206. The maximum atomic E-state index is 13.6. The third-order valence-electron chi connectivity index (χ3n) is 6.66. The molecule has 0 amide bonds. The smallest absolute Gasteiger partial charge is 0.335 e. The summed E-state index contributed by atoms with van der Waals surface area (Å²) in [4.78, 5) is 27.5. The predicted molar refractivity (Wildman–Crippen MR) is 141 cm³/mol. The van der Waals surface area contributed by atoms with Crippen LogP contribution >= 0.6 is 22.9 Å². The van der Waals surface area contributed by atoms with Crippen LogP contribution in [0.4, 0.5) is 5.82 Å². The van der Waals surface area contributed by atoms with Crippen molar-refractivity contribution in [2.45, 2.75) is 50.5 Å². The lowest BCUT2D eigenvalue weighted by atomic mass is 9.94. The first-order chi connectivity index (χ1) is 18.1. The highest BCUT2D eigenvalue weighted by molar-refractivity contribution is 7.84. The van der Waals surface area contributed by atoms with Crippen molar-refractivity contribution < 1.29 is 27.2 Å². The van der Waals surface area contributed by atoms with Crippen LogP contribution in [-0.4, -0.2) is 66.2 Å². The van der Waals surface area contributed by atoms with Crippen molar-refractivity contribution in [1.82, 2.24) is 19.7 Å². The van der Waals surface area contributed by atoms with Gasteiger partial charge in [-0.2, -0.15) is 13.1 Å². The molecule has 2 aliphatic rings.